The molecule has 0 radical (unpaired) electrons. The molecule has 4 rings (SSSR count). The molecule has 2 aromatic carbocycles. The van der Waals surface area contributed by atoms with Crippen molar-refractivity contribution in [2.45, 2.75) is 26.8 Å². The van der Waals surface area contributed by atoms with Gasteiger partial charge in [-0.1, -0.05) is 42.1 Å². The van der Waals surface area contributed by atoms with Gasteiger partial charge in [0.2, 0.25) is 11.2 Å². The number of benzene rings is 2. The number of carbonyl (C=O) groups excluding carboxylic acids is 2. The molecule has 10 heteroatoms. The van der Waals surface area contributed by atoms with Crippen LogP contribution in [0.3, 0.4) is 0 Å². The minimum atomic E-state index is -0.297. The summed E-state index contributed by atoms with van der Waals surface area (Å²) >= 11 is 1.17. The van der Waals surface area contributed by atoms with Crippen LogP contribution in [0.4, 0.5) is 11.6 Å². The SMILES string of the molecule is CCOc1ccc(/C=C2/N=C(SCC(=O)Nc3c[n+](C(C)C)no3)N(c3ccccc3)C2=O)cc1. The molecule has 0 unspecified atom stereocenters. The molecular weight excluding hydrogens is 466 g/mol. The molecule has 1 aliphatic heterocycles. The van der Waals surface area contributed by atoms with Crippen LogP contribution in [0, 0.1) is 0 Å². The van der Waals surface area contributed by atoms with Crippen LogP contribution in [0.25, 0.3) is 6.08 Å². The minimum absolute atomic E-state index is 0.0359. The summed E-state index contributed by atoms with van der Waals surface area (Å²) < 4.78 is 12.2. The third kappa shape index (κ3) is 5.96. The molecule has 0 bridgehead atoms. The zero-order chi connectivity index (χ0) is 24.8. The summed E-state index contributed by atoms with van der Waals surface area (Å²) in [6.07, 6.45) is 3.35. The molecule has 0 fully saturated rings. The van der Waals surface area contributed by atoms with Crippen molar-refractivity contribution in [3.63, 3.8) is 0 Å². The van der Waals surface area contributed by atoms with Gasteiger partial charge < -0.3 is 4.74 Å². The van der Waals surface area contributed by atoms with E-state index in [0.29, 0.717) is 17.5 Å². The second kappa shape index (κ2) is 11.0. The molecule has 1 aromatic heterocycles. The van der Waals surface area contributed by atoms with Crippen LogP contribution >= 0.6 is 11.8 Å². The van der Waals surface area contributed by atoms with Gasteiger partial charge in [0.1, 0.15) is 11.4 Å². The van der Waals surface area contributed by atoms with Crippen LogP contribution in [0.15, 0.2) is 76.0 Å². The molecule has 0 atom stereocenters. The molecule has 180 valence electrons. The smallest absolute Gasteiger partial charge is 0.302 e. The number of amidine groups is 1. The highest BCUT2D eigenvalue weighted by Gasteiger charge is 2.32. The number of ether oxygens (including phenoxy) is 1. The van der Waals surface area contributed by atoms with Crippen molar-refractivity contribution >= 4 is 46.4 Å². The second-order valence-corrected chi connectivity index (χ2v) is 8.82. The van der Waals surface area contributed by atoms with Crippen LogP contribution < -0.4 is 19.6 Å². The second-order valence-electron chi connectivity index (χ2n) is 7.88. The third-order valence-electron chi connectivity index (χ3n) is 4.95. The highest BCUT2D eigenvalue weighted by Crippen LogP contribution is 2.29. The highest BCUT2D eigenvalue weighted by atomic mass is 32.2. The Morgan fingerprint density at radius 2 is 1.94 bits per heavy atom. The molecule has 2 heterocycles. The predicted octanol–water partition coefficient (Wildman–Crippen LogP) is 4.06. The van der Waals surface area contributed by atoms with Gasteiger partial charge in [0.25, 0.3) is 12.1 Å². The third-order valence-corrected chi connectivity index (χ3v) is 5.88. The normalized spacial score (nSPS) is 14.5. The van der Waals surface area contributed by atoms with Crippen LogP contribution in [-0.2, 0) is 9.59 Å². The van der Waals surface area contributed by atoms with Crippen molar-refractivity contribution in [2.75, 3.05) is 22.6 Å². The van der Waals surface area contributed by atoms with Gasteiger partial charge in [-0.25, -0.2) is 4.99 Å². The largest absolute Gasteiger partial charge is 0.494 e. The van der Waals surface area contributed by atoms with Crippen molar-refractivity contribution in [3.8, 4) is 5.75 Å². The lowest BCUT2D eigenvalue weighted by atomic mass is 10.2. The van der Waals surface area contributed by atoms with Crippen LogP contribution in [0.2, 0.25) is 0 Å². The topological polar surface area (TPSA) is 101 Å². The van der Waals surface area contributed by atoms with Crippen molar-refractivity contribution in [2.24, 2.45) is 4.99 Å². The number of aliphatic imine (C=N–C) groups is 1. The maximum absolute atomic E-state index is 13.3. The molecular formula is C25H26N5O4S+. The first-order valence-corrected chi connectivity index (χ1v) is 12.2. The van der Waals surface area contributed by atoms with E-state index in [4.69, 9.17) is 9.26 Å². The van der Waals surface area contributed by atoms with E-state index < -0.39 is 0 Å². The molecule has 1 N–H and O–H groups in total. The van der Waals surface area contributed by atoms with Crippen molar-refractivity contribution in [1.82, 2.24) is 5.27 Å². The van der Waals surface area contributed by atoms with E-state index in [1.807, 2.05) is 75.4 Å². The van der Waals surface area contributed by atoms with E-state index in [1.165, 1.54) is 16.7 Å². The van der Waals surface area contributed by atoms with E-state index in [1.54, 1.807) is 17.0 Å². The first-order chi connectivity index (χ1) is 16.9. The Morgan fingerprint density at radius 3 is 2.60 bits per heavy atom. The summed E-state index contributed by atoms with van der Waals surface area (Å²) in [5.74, 6) is 0.489. The van der Waals surface area contributed by atoms with Gasteiger partial charge in [-0.3, -0.25) is 24.3 Å². The number of aromatic nitrogens is 2. The van der Waals surface area contributed by atoms with Gasteiger partial charge in [0, 0.05) is 0 Å². The summed E-state index contributed by atoms with van der Waals surface area (Å²) in [7, 11) is 0. The minimum Gasteiger partial charge on any atom is -0.494 e. The maximum atomic E-state index is 13.3. The predicted molar refractivity (Wildman–Crippen MR) is 135 cm³/mol. The zero-order valence-electron chi connectivity index (χ0n) is 19.7. The van der Waals surface area contributed by atoms with Gasteiger partial charge in [-0.2, -0.15) is 0 Å². The summed E-state index contributed by atoms with van der Waals surface area (Å²) in [6.45, 7) is 6.41. The lowest BCUT2D eigenvalue weighted by Crippen LogP contribution is -2.37. The molecule has 0 saturated carbocycles. The number of carbonyl (C=O) groups is 2. The molecule has 9 nitrogen and oxygen atoms in total. The van der Waals surface area contributed by atoms with Gasteiger partial charge >= 0.3 is 5.88 Å². The fraction of sp³-hybridized carbons (Fsp3) is 0.240. The van der Waals surface area contributed by atoms with E-state index >= 15 is 0 Å². The number of thioether (sulfide) groups is 1. The van der Waals surface area contributed by atoms with Gasteiger partial charge in [0.15, 0.2) is 11.2 Å². The molecule has 3 aromatic rings. The Kier molecular flexibility index (Phi) is 7.61. The van der Waals surface area contributed by atoms with Crippen molar-refractivity contribution in [3.05, 3.63) is 72.1 Å². The monoisotopic (exact) mass is 492 g/mol. The van der Waals surface area contributed by atoms with Gasteiger partial charge in [-0.15, -0.1) is 0 Å². The maximum Gasteiger partial charge on any atom is 0.302 e. The quantitative estimate of drug-likeness (QED) is 0.376. The van der Waals surface area contributed by atoms with E-state index in [9.17, 15) is 9.59 Å². The van der Waals surface area contributed by atoms with E-state index in [0.717, 1.165) is 11.3 Å². The Hall–Kier alpha value is -3.92. The average Bonchev–Trinajstić information content (AvgIpc) is 3.44. The number of nitrogens with one attached hydrogen (secondary N) is 1. The van der Waals surface area contributed by atoms with Crippen molar-refractivity contribution < 1.29 is 23.5 Å². The zero-order valence-corrected chi connectivity index (χ0v) is 20.5. The lowest BCUT2D eigenvalue weighted by Gasteiger charge is -2.17. The Bertz CT molecular complexity index is 1250. The molecule has 0 spiro atoms. The average molecular weight is 493 g/mol. The number of para-hydroxylation sites is 1. The summed E-state index contributed by atoms with van der Waals surface area (Å²) in [6, 6.07) is 16.8. The van der Waals surface area contributed by atoms with Crippen LogP contribution in [-0.4, -0.2) is 34.6 Å². The fourth-order valence-electron chi connectivity index (χ4n) is 3.24. The summed E-state index contributed by atoms with van der Waals surface area (Å²) in [5, 5.41) is 6.96. The molecule has 0 saturated heterocycles. The fourth-order valence-corrected chi connectivity index (χ4v) is 4.06. The van der Waals surface area contributed by atoms with Gasteiger partial charge in [-0.05, 0) is 61.4 Å². The number of nitrogens with zero attached hydrogens (tertiary/aromatic N) is 4. The molecule has 2 amide bonds. The standard InChI is InChI=1S/C25H25N5O4S/c1-4-33-20-12-10-18(11-13-20)14-21-24(32)30(19-8-6-5-7-9-19)25(26-21)35-16-22(31)27-23-15-29(17(2)3)28-34-23/h5-15,17H,4,16H2,1-3H3/p+1/b21-14+. The van der Waals surface area contributed by atoms with Crippen molar-refractivity contribution in [1.29, 1.82) is 0 Å². The van der Waals surface area contributed by atoms with E-state index in [-0.39, 0.29) is 35.2 Å². The Balaban J connectivity index is 1.51. The summed E-state index contributed by atoms with van der Waals surface area (Å²) in [5.41, 5.74) is 1.78. The molecule has 0 aliphatic carbocycles. The highest BCUT2D eigenvalue weighted by molar-refractivity contribution is 8.14. The molecule has 35 heavy (non-hydrogen) atoms. The first kappa shape index (κ1) is 24.2. The van der Waals surface area contributed by atoms with Gasteiger partial charge in [0.05, 0.1) is 18.0 Å². The number of hydrogen-bond donors (Lipinski definition) is 1. The summed E-state index contributed by atoms with van der Waals surface area (Å²) in [4.78, 5) is 31.9. The Morgan fingerprint density at radius 1 is 1.20 bits per heavy atom. The number of rotatable bonds is 8. The molecule has 1 aliphatic rings. The lowest BCUT2D eigenvalue weighted by molar-refractivity contribution is -0.779. The number of amides is 2. The van der Waals surface area contributed by atoms with Crippen LogP contribution in [0.5, 0.6) is 5.75 Å². The number of anilines is 2. The Labute approximate surface area is 207 Å². The van der Waals surface area contributed by atoms with Crippen LogP contribution in [0.1, 0.15) is 32.4 Å². The first-order valence-electron chi connectivity index (χ1n) is 11.2. The van der Waals surface area contributed by atoms with E-state index in [2.05, 4.69) is 15.6 Å². The number of hydrogen-bond acceptors (Lipinski definition) is 7.